The first-order valence-electron chi connectivity index (χ1n) is 6.04. The Bertz CT molecular complexity index is 472. The van der Waals surface area contributed by atoms with Gasteiger partial charge in [0, 0.05) is 26.7 Å². The second-order valence-electron chi connectivity index (χ2n) is 4.48. The summed E-state index contributed by atoms with van der Waals surface area (Å²) in [6.45, 7) is 2.42. The number of hydrogen-bond acceptors (Lipinski definition) is 4. The zero-order valence-electron chi connectivity index (χ0n) is 10.6. The summed E-state index contributed by atoms with van der Waals surface area (Å²) < 4.78 is 33.1. The number of ether oxygens (including phenoxy) is 1. The number of benzene rings is 1. The van der Waals surface area contributed by atoms with Gasteiger partial charge in [0.25, 0.3) is 0 Å². The molecule has 0 bridgehead atoms. The van der Waals surface area contributed by atoms with Crippen molar-refractivity contribution >= 4 is 5.69 Å². The van der Waals surface area contributed by atoms with Gasteiger partial charge in [-0.2, -0.15) is 5.26 Å². The highest BCUT2D eigenvalue weighted by Gasteiger charge is 2.20. The molecule has 0 saturated carbocycles. The molecule has 1 aliphatic rings. The number of morpholine rings is 1. The van der Waals surface area contributed by atoms with Gasteiger partial charge in [-0.15, -0.1) is 0 Å². The predicted molar refractivity (Wildman–Crippen MR) is 67.0 cm³/mol. The number of likely N-dealkylation sites (N-methyl/N-ethyl adjacent to an activating group) is 1. The van der Waals surface area contributed by atoms with Crippen molar-refractivity contribution in [3.63, 3.8) is 0 Å². The lowest BCUT2D eigenvalue weighted by Crippen LogP contribution is -2.44. The van der Waals surface area contributed by atoms with E-state index < -0.39 is 11.6 Å². The van der Waals surface area contributed by atoms with Crippen molar-refractivity contribution in [1.82, 2.24) is 5.32 Å². The standard InChI is InChI=1S/C13H15F2N3O/c1-18(8-10-7-17-2-3-19-10)13-11(14)4-9(6-16)5-12(13)15/h4-5,10,17H,2-3,7-8H2,1H3. The van der Waals surface area contributed by atoms with Crippen LogP contribution in [0.25, 0.3) is 0 Å². The van der Waals surface area contributed by atoms with Crippen molar-refractivity contribution in [2.24, 2.45) is 0 Å². The lowest BCUT2D eigenvalue weighted by atomic mass is 10.1. The first-order valence-corrected chi connectivity index (χ1v) is 6.04. The molecule has 1 atom stereocenters. The minimum atomic E-state index is -0.734. The maximum atomic E-state index is 13.8. The van der Waals surface area contributed by atoms with Crippen LogP contribution in [0.1, 0.15) is 5.56 Å². The van der Waals surface area contributed by atoms with Gasteiger partial charge in [-0.05, 0) is 12.1 Å². The second-order valence-corrected chi connectivity index (χ2v) is 4.48. The van der Waals surface area contributed by atoms with Gasteiger partial charge in [0.2, 0.25) is 0 Å². The van der Waals surface area contributed by atoms with Crippen LogP contribution in [0.15, 0.2) is 12.1 Å². The Morgan fingerprint density at radius 1 is 1.47 bits per heavy atom. The van der Waals surface area contributed by atoms with Crippen molar-refractivity contribution in [3.05, 3.63) is 29.3 Å². The van der Waals surface area contributed by atoms with Gasteiger partial charge >= 0.3 is 0 Å². The zero-order valence-corrected chi connectivity index (χ0v) is 10.6. The van der Waals surface area contributed by atoms with Crippen LogP contribution in [0, 0.1) is 23.0 Å². The molecule has 1 unspecified atom stereocenters. The third-order valence-corrected chi connectivity index (χ3v) is 3.01. The second kappa shape index (κ2) is 5.95. The van der Waals surface area contributed by atoms with Gasteiger partial charge in [0.15, 0.2) is 11.6 Å². The molecular formula is C13H15F2N3O. The van der Waals surface area contributed by atoms with Crippen LogP contribution in [0.5, 0.6) is 0 Å². The maximum absolute atomic E-state index is 13.8. The van der Waals surface area contributed by atoms with Crippen LogP contribution in [-0.2, 0) is 4.74 Å². The topological polar surface area (TPSA) is 48.3 Å². The first kappa shape index (κ1) is 13.7. The molecule has 0 aromatic heterocycles. The molecular weight excluding hydrogens is 252 g/mol. The molecule has 1 aliphatic heterocycles. The highest BCUT2D eigenvalue weighted by molar-refractivity contribution is 5.52. The highest BCUT2D eigenvalue weighted by atomic mass is 19.1. The lowest BCUT2D eigenvalue weighted by molar-refractivity contribution is 0.0339. The van der Waals surface area contributed by atoms with E-state index in [9.17, 15) is 8.78 Å². The van der Waals surface area contributed by atoms with Crippen molar-refractivity contribution in [2.75, 3.05) is 38.2 Å². The van der Waals surface area contributed by atoms with Crippen LogP contribution in [0.2, 0.25) is 0 Å². The summed E-state index contributed by atoms with van der Waals surface area (Å²) in [7, 11) is 1.60. The van der Waals surface area contributed by atoms with Gasteiger partial charge in [0.05, 0.1) is 24.3 Å². The van der Waals surface area contributed by atoms with Crippen LogP contribution in [0.4, 0.5) is 14.5 Å². The Hall–Kier alpha value is -1.71. The van der Waals surface area contributed by atoms with Gasteiger partial charge < -0.3 is 15.0 Å². The number of anilines is 1. The molecule has 0 amide bonds. The summed E-state index contributed by atoms with van der Waals surface area (Å²) in [5, 5.41) is 11.8. The minimum absolute atomic E-state index is 0.0252. The number of rotatable bonds is 3. The Kier molecular flexibility index (Phi) is 4.30. The SMILES string of the molecule is CN(CC1CNCCO1)c1c(F)cc(C#N)cc1F. The highest BCUT2D eigenvalue weighted by Crippen LogP contribution is 2.24. The maximum Gasteiger partial charge on any atom is 0.150 e. The molecule has 1 fully saturated rings. The monoisotopic (exact) mass is 267 g/mol. The van der Waals surface area contributed by atoms with Crippen LogP contribution in [-0.4, -0.2) is 39.4 Å². The Labute approximate surface area is 110 Å². The molecule has 6 heteroatoms. The van der Waals surface area contributed by atoms with E-state index in [1.807, 2.05) is 0 Å². The Morgan fingerprint density at radius 3 is 2.68 bits per heavy atom. The molecule has 1 saturated heterocycles. The van der Waals surface area contributed by atoms with Gasteiger partial charge in [0.1, 0.15) is 5.69 Å². The summed E-state index contributed by atoms with van der Waals surface area (Å²) in [6, 6.07) is 3.80. The molecule has 0 radical (unpaired) electrons. The fraction of sp³-hybridized carbons (Fsp3) is 0.462. The summed E-state index contributed by atoms with van der Waals surface area (Å²) in [4.78, 5) is 1.48. The molecule has 0 aliphatic carbocycles. The molecule has 1 N–H and O–H groups in total. The summed E-state index contributed by atoms with van der Waals surface area (Å²) >= 11 is 0. The van der Waals surface area contributed by atoms with Gasteiger partial charge in [-0.3, -0.25) is 0 Å². The van der Waals surface area contributed by atoms with E-state index in [1.54, 1.807) is 13.1 Å². The largest absolute Gasteiger partial charge is 0.374 e. The van der Waals surface area contributed by atoms with Gasteiger partial charge in [-0.1, -0.05) is 0 Å². The van der Waals surface area contributed by atoms with E-state index in [-0.39, 0.29) is 17.4 Å². The zero-order chi connectivity index (χ0) is 13.8. The van der Waals surface area contributed by atoms with Crippen LogP contribution < -0.4 is 10.2 Å². The molecule has 1 aromatic rings. The van der Waals surface area contributed by atoms with Crippen LogP contribution in [0.3, 0.4) is 0 Å². The number of halogens is 2. The third kappa shape index (κ3) is 3.19. The average Bonchev–Trinajstić information content (AvgIpc) is 2.38. The first-order chi connectivity index (χ1) is 9.11. The van der Waals surface area contributed by atoms with E-state index >= 15 is 0 Å². The summed E-state index contributed by atoms with van der Waals surface area (Å²) in [6.07, 6.45) is -0.104. The quantitative estimate of drug-likeness (QED) is 0.895. The Balaban J connectivity index is 2.14. The fourth-order valence-electron chi connectivity index (χ4n) is 2.13. The fourth-order valence-corrected chi connectivity index (χ4v) is 2.13. The number of hydrogen-bond donors (Lipinski definition) is 1. The normalized spacial score (nSPS) is 18.9. The van der Waals surface area contributed by atoms with E-state index in [1.165, 1.54) is 4.90 Å². The van der Waals surface area contributed by atoms with Crippen LogP contribution >= 0.6 is 0 Å². The number of nitrogens with one attached hydrogen (secondary N) is 1. The van der Waals surface area contributed by atoms with E-state index in [2.05, 4.69) is 5.32 Å². The number of nitriles is 1. The van der Waals surface area contributed by atoms with E-state index in [0.717, 1.165) is 18.7 Å². The molecule has 0 spiro atoms. The smallest absolute Gasteiger partial charge is 0.150 e. The lowest BCUT2D eigenvalue weighted by Gasteiger charge is -2.29. The minimum Gasteiger partial charge on any atom is -0.374 e. The van der Waals surface area contributed by atoms with Crippen molar-refractivity contribution in [3.8, 4) is 6.07 Å². The van der Waals surface area contributed by atoms with E-state index in [0.29, 0.717) is 19.7 Å². The molecule has 19 heavy (non-hydrogen) atoms. The number of nitrogens with zero attached hydrogens (tertiary/aromatic N) is 2. The van der Waals surface area contributed by atoms with Crippen molar-refractivity contribution in [1.29, 1.82) is 5.26 Å². The van der Waals surface area contributed by atoms with E-state index in [4.69, 9.17) is 10.00 Å². The molecule has 1 aromatic carbocycles. The summed E-state index contributed by atoms with van der Waals surface area (Å²) in [5.41, 5.74) is -0.157. The molecule has 1 heterocycles. The predicted octanol–water partition coefficient (Wildman–Crippen LogP) is 1.26. The molecule has 4 nitrogen and oxygen atoms in total. The van der Waals surface area contributed by atoms with Crippen molar-refractivity contribution < 1.29 is 13.5 Å². The molecule has 2 rings (SSSR count). The Morgan fingerprint density at radius 2 is 2.16 bits per heavy atom. The molecule has 102 valence electrons. The average molecular weight is 267 g/mol. The third-order valence-electron chi connectivity index (χ3n) is 3.01. The van der Waals surface area contributed by atoms with Gasteiger partial charge in [-0.25, -0.2) is 8.78 Å². The van der Waals surface area contributed by atoms with Crippen molar-refractivity contribution in [2.45, 2.75) is 6.10 Å². The summed E-state index contributed by atoms with van der Waals surface area (Å²) in [5.74, 6) is -1.47.